The number of nitrogens with two attached hydrogens (primary N) is 1. The molecule has 4 aromatic rings. The summed E-state index contributed by atoms with van der Waals surface area (Å²) in [4.78, 5) is 57.1. The fraction of sp³-hybridized carbons (Fsp3) is 0.405. The highest BCUT2D eigenvalue weighted by Crippen LogP contribution is 2.29. The van der Waals surface area contributed by atoms with E-state index in [0.717, 1.165) is 73.9 Å². The van der Waals surface area contributed by atoms with Gasteiger partial charge in [0.1, 0.15) is 6.04 Å². The number of amides is 3. The second kappa shape index (κ2) is 16.3. The number of halogens is 1. The third-order valence-electron chi connectivity index (χ3n) is 9.84. The normalized spacial score (nSPS) is 18.7. The summed E-state index contributed by atoms with van der Waals surface area (Å²) in [5, 5.41) is 12.4. The molecule has 11 nitrogen and oxygen atoms in total. The van der Waals surface area contributed by atoms with Crippen LogP contribution in [-0.4, -0.2) is 59.4 Å². The van der Waals surface area contributed by atoms with Crippen LogP contribution in [0, 0.1) is 18.8 Å². The van der Waals surface area contributed by atoms with E-state index in [1.807, 2.05) is 49.4 Å². The van der Waals surface area contributed by atoms with E-state index < -0.39 is 6.04 Å². The van der Waals surface area contributed by atoms with Gasteiger partial charge in [-0.15, -0.1) is 12.4 Å². The van der Waals surface area contributed by atoms with Gasteiger partial charge in [0.2, 0.25) is 11.8 Å². The molecule has 8 N–H and O–H groups in total. The predicted molar refractivity (Wildman–Crippen MR) is 195 cm³/mol. The first kappa shape index (κ1) is 35.8. The molecule has 0 radical (unpaired) electrons. The van der Waals surface area contributed by atoms with Crippen LogP contribution < -0.4 is 32.7 Å². The lowest BCUT2D eigenvalue weighted by Crippen LogP contribution is -2.48. The van der Waals surface area contributed by atoms with Crippen molar-refractivity contribution in [1.29, 1.82) is 0 Å². The summed E-state index contributed by atoms with van der Waals surface area (Å²) >= 11 is 0. The van der Waals surface area contributed by atoms with Crippen molar-refractivity contribution in [1.82, 2.24) is 25.9 Å². The third-order valence-corrected chi connectivity index (χ3v) is 9.84. The Morgan fingerprint density at radius 1 is 0.878 bits per heavy atom. The van der Waals surface area contributed by atoms with Gasteiger partial charge in [-0.3, -0.25) is 14.4 Å². The van der Waals surface area contributed by atoms with Crippen LogP contribution in [0.1, 0.15) is 60.0 Å². The van der Waals surface area contributed by atoms with Crippen LogP contribution in [0.2, 0.25) is 0 Å². The van der Waals surface area contributed by atoms with Crippen molar-refractivity contribution in [2.24, 2.45) is 17.6 Å². The van der Waals surface area contributed by atoms with E-state index in [2.05, 4.69) is 31.2 Å². The lowest BCUT2D eigenvalue weighted by Gasteiger charge is -2.28. The maximum absolute atomic E-state index is 13.7. The summed E-state index contributed by atoms with van der Waals surface area (Å²) in [5.74, 6) is -0.216. The predicted octanol–water partition coefficient (Wildman–Crippen LogP) is 4.17. The quantitative estimate of drug-likeness (QED) is 0.132. The molecule has 0 bridgehead atoms. The standard InChI is InChI=1S/C37H45N7O4.ClH/c1-22-18-27(35(46)40-28-14-16-39-17-15-28)10-12-30(22)25-6-2-23(3-7-25)19-33(42-34(45)26-8-4-24(21-38)5-9-26)36(47)41-29-11-13-31-32(20-29)44-37(48)43-31;/h2-3,6-7,10-13,18,20,24,26,28,33,39H,4-5,8-9,14-17,19,21,38H2,1H3,(H,40,46)(H,41,47)(H,42,45)(H2,43,44,48);1H/t24?,26?,33-;/m0./s1. The molecule has 1 aliphatic heterocycles. The minimum atomic E-state index is -0.809. The summed E-state index contributed by atoms with van der Waals surface area (Å²) < 4.78 is 0. The molecule has 2 fully saturated rings. The fourth-order valence-electron chi connectivity index (χ4n) is 6.92. The zero-order chi connectivity index (χ0) is 33.6. The van der Waals surface area contributed by atoms with Gasteiger partial charge in [0.25, 0.3) is 5.91 Å². The van der Waals surface area contributed by atoms with Crippen molar-refractivity contribution in [2.75, 3.05) is 25.0 Å². The Morgan fingerprint density at radius 3 is 2.29 bits per heavy atom. The number of imidazole rings is 1. The molecule has 49 heavy (non-hydrogen) atoms. The van der Waals surface area contributed by atoms with Crippen molar-refractivity contribution < 1.29 is 14.4 Å². The van der Waals surface area contributed by atoms with Gasteiger partial charge in [-0.2, -0.15) is 0 Å². The van der Waals surface area contributed by atoms with E-state index in [1.54, 1.807) is 18.2 Å². The van der Waals surface area contributed by atoms with E-state index in [9.17, 15) is 19.2 Å². The number of piperidine rings is 1. The van der Waals surface area contributed by atoms with Crippen molar-refractivity contribution >= 4 is 46.8 Å². The second-order valence-electron chi connectivity index (χ2n) is 13.3. The first-order chi connectivity index (χ1) is 23.2. The average molecular weight is 688 g/mol. The van der Waals surface area contributed by atoms with E-state index >= 15 is 0 Å². The topological polar surface area (TPSA) is 174 Å². The van der Waals surface area contributed by atoms with Gasteiger partial charge in [-0.1, -0.05) is 30.3 Å². The van der Waals surface area contributed by atoms with Crippen LogP contribution in [0.4, 0.5) is 5.69 Å². The molecule has 2 aliphatic rings. The Morgan fingerprint density at radius 2 is 1.59 bits per heavy atom. The minimum Gasteiger partial charge on any atom is -0.349 e. The van der Waals surface area contributed by atoms with Crippen LogP contribution in [0.5, 0.6) is 0 Å². The fourth-order valence-corrected chi connectivity index (χ4v) is 6.92. The van der Waals surface area contributed by atoms with Gasteiger partial charge in [0.15, 0.2) is 0 Å². The molecule has 12 heteroatoms. The Balaban J connectivity index is 0.00000468. The molecule has 1 aliphatic carbocycles. The number of hydrogen-bond donors (Lipinski definition) is 7. The average Bonchev–Trinajstić information content (AvgIpc) is 3.48. The second-order valence-corrected chi connectivity index (χ2v) is 13.3. The minimum absolute atomic E-state index is 0. The SMILES string of the molecule is Cc1cc(C(=O)NC2CCNCC2)ccc1-c1ccc(C[C@H](NC(=O)C2CCC(CN)CC2)C(=O)Nc2ccc3[nH]c(=O)[nH]c3c2)cc1.Cl. The molecule has 1 aromatic heterocycles. The highest BCUT2D eigenvalue weighted by atomic mass is 35.5. The highest BCUT2D eigenvalue weighted by molar-refractivity contribution is 5.99. The monoisotopic (exact) mass is 687 g/mol. The van der Waals surface area contributed by atoms with Gasteiger partial charge in [0.05, 0.1) is 11.0 Å². The smallest absolute Gasteiger partial charge is 0.323 e. The number of carbonyl (C=O) groups is 3. The molecule has 3 aromatic carbocycles. The number of carbonyl (C=O) groups excluding carboxylic acids is 3. The van der Waals surface area contributed by atoms with Gasteiger partial charge in [-0.05, 0) is 124 Å². The number of benzene rings is 3. The summed E-state index contributed by atoms with van der Waals surface area (Å²) in [6.07, 6.45) is 5.49. The van der Waals surface area contributed by atoms with Crippen LogP contribution >= 0.6 is 12.4 Å². The third kappa shape index (κ3) is 8.97. The Labute approximate surface area is 292 Å². The highest BCUT2D eigenvalue weighted by Gasteiger charge is 2.29. The van der Waals surface area contributed by atoms with Crippen LogP contribution in [0.3, 0.4) is 0 Å². The van der Waals surface area contributed by atoms with Crippen LogP contribution in [-0.2, 0) is 16.0 Å². The zero-order valence-electron chi connectivity index (χ0n) is 27.8. The van der Waals surface area contributed by atoms with Crippen molar-refractivity contribution in [3.63, 3.8) is 0 Å². The number of anilines is 1. The number of nitrogens with one attached hydrogen (secondary N) is 6. The van der Waals surface area contributed by atoms with Crippen molar-refractivity contribution in [2.45, 2.75) is 64.0 Å². The van der Waals surface area contributed by atoms with Gasteiger partial charge >= 0.3 is 5.69 Å². The molecule has 2 heterocycles. The summed E-state index contributed by atoms with van der Waals surface area (Å²) in [6.45, 7) is 4.46. The lowest BCUT2D eigenvalue weighted by atomic mass is 9.81. The Bertz CT molecular complexity index is 1820. The molecular formula is C37H46ClN7O4. The van der Waals surface area contributed by atoms with Crippen LogP contribution in [0.15, 0.2) is 65.5 Å². The lowest BCUT2D eigenvalue weighted by molar-refractivity contribution is -0.130. The maximum Gasteiger partial charge on any atom is 0.323 e. The molecular weight excluding hydrogens is 642 g/mol. The summed E-state index contributed by atoms with van der Waals surface area (Å²) in [5.41, 5.74) is 11.8. The van der Waals surface area contributed by atoms with E-state index in [4.69, 9.17) is 5.73 Å². The number of fused-ring (bicyclic) bond motifs is 1. The number of rotatable bonds is 10. The number of aryl methyl sites for hydroxylation is 1. The molecule has 1 saturated heterocycles. The number of aromatic nitrogens is 2. The summed E-state index contributed by atoms with van der Waals surface area (Å²) in [7, 11) is 0. The van der Waals surface area contributed by atoms with Crippen molar-refractivity contribution in [3.8, 4) is 11.1 Å². The first-order valence-corrected chi connectivity index (χ1v) is 17.0. The molecule has 260 valence electrons. The van der Waals surface area contributed by atoms with Gasteiger partial charge < -0.3 is 37.0 Å². The molecule has 1 atom stereocenters. The van der Waals surface area contributed by atoms with Gasteiger partial charge in [-0.25, -0.2) is 4.79 Å². The van der Waals surface area contributed by atoms with E-state index in [1.165, 1.54) is 0 Å². The zero-order valence-corrected chi connectivity index (χ0v) is 28.6. The molecule has 1 saturated carbocycles. The number of aromatic amines is 2. The van der Waals surface area contributed by atoms with E-state index in [0.29, 0.717) is 41.2 Å². The molecule has 6 rings (SSSR count). The maximum atomic E-state index is 13.7. The number of hydrogen-bond acceptors (Lipinski definition) is 6. The number of H-pyrrole nitrogens is 2. The first-order valence-electron chi connectivity index (χ1n) is 17.0. The molecule has 0 unspecified atom stereocenters. The molecule has 0 spiro atoms. The van der Waals surface area contributed by atoms with Crippen LogP contribution in [0.25, 0.3) is 22.2 Å². The van der Waals surface area contributed by atoms with E-state index in [-0.39, 0.29) is 47.8 Å². The largest absolute Gasteiger partial charge is 0.349 e. The Kier molecular flexibility index (Phi) is 11.9. The van der Waals surface area contributed by atoms with Crippen molar-refractivity contribution in [3.05, 3.63) is 87.8 Å². The molecule has 3 amide bonds. The van der Waals surface area contributed by atoms with Gasteiger partial charge in [0, 0.05) is 29.6 Å². The summed E-state index contributed by atoms with van der Waals surface area (Å²) in [6, 6.07) is 18.3. The Hall–Kier alpha value is -4.45.